The molecule has 0 saturated heterocycles. The van der Waals surface area contributed by atoms with E-state index >= 15 is 0 Å². The molecule has 2 atom stereocenters. The van der Waals surface area contributed by atoms with Crippen LogP contribution in [0.25, 0.3) is 0 Å². The van der Waals surface area contributed by atoms with Crippen LogP contribution in [0, 0.1) is 5.92 Å². The standard InChI is InChI=1S/C15H31NO3/c1-18-11-6-9-16(10-12-19-2)13-14-7-4-3-5-8-15(14)17/h14-15,17H,3-13H2,1-2H3. The van der Waals surface area contributed by atoms with E-state index in [0.717, 1.165) is 52.1 Å². The SMILES string of the molecule is COCCCN(CCOC)CC1CCCCCC1O. The average molecular weight is 273 g/mol. The van der Waals surface area contributed by atoms with Crippen LogP contribution >= 0.6 is 0 Å². The zero-order valence-electron chi connectivity index (χ0n) is 12.6. The van der Waals surface area contributed by atoms with Crippen molar-refractivity contribution in [2.75, 3.05) is 47.1 Å². The van der Waals surface area contributed by atoms with Gasteiger partial charge in [0.1, 0.15) is 0 Å². The van der Waals surface area contributed by atoms with Gasteiger partial charge >= 0.3 is 0 Å². The van der Waals surface area contributed by atoms with E-state index in [1.807, 2.05) is 0 Å². The molecular formula is C15H31NO3. The lowest BCUT2D eigenvalue weighted by atomic mass is 9.96. The zero-order valence-corrected chi connectivity index (χ0v) is 12.6. The minimum absolute atomic E-state index is 0.116. The molecule has 114 valence electrons. The topological polar surface area (TPSA) is 41.9 Å². The molecule has 0 aromatic heterocycles. The van der Waals surface area contributed by atoms with E-state index < -0.39 is 0 Å². The fourth-order valence-corrected chi connectivity index (χ4v) is 2.86. The lowest BCUT2D eigenvalue weighted by Crippen LogP contribution is -2.37. The lowest BCUT2D eigenvalue weighted by molar-refractivity contribution is 0.0603. The molecule has 0 heterocycles. The molecular weight excluding hydrogens is 242 g/mol. The molecule has 19 heavy (non-hydrogen) atoms. The largest absolute Gasteiger partial charge is 0.393 e. The lowest BCUT2D eigenvalue weighted by Gasteiger charge is -2.29. The summed E-state index contributed by atoms with van der Waals surface area (Å²) in [6.45, 7) is 4.53. The van der Waals surface area contributed by atoms with Crippen LogP contribution in [-0.2, 0) is 9.47 Å². The van der Waals surface area contributed by atoms with Crippen molar-refractivity contribution in [3.8, 4) is 0 Å². The van der Waals surface area contributed by atoms with Gasteiger partial charge in [0.2, 0.25) is 0 Å². The van der Waals surface area contributed by atoms with Gasteiger partial charge in [-0.15, -0.1) is 0 Å². The Labute approximate surface area is 118 Å². The number of aliphatic hydroxyl groups is 1. The molecule has 0 spiro atoms. The van der Waals surface area contributed by atoms with Crippen molar-refractivity contribution < 1.29 is 14.6 Å². The van der Waals surface area contributed by atoms with Gasteiger partial charge in [0.25, 0.3) is 0 Å². The van der Waals surface area contributed by atoms with Gasteiger partial charge in [0.15, 0.2) is 0 Å². The van der Waals surface area contributed by atoms with Crippen LogP contribution in [0.1, 0.15) is 38.5 Å². The van der Waals surface area contributed by atoms with Crippen LogP contribution in [0.15, 0.2) is 0 Å². The van der Waals surface area contributed by atoms with Crippen LogP contribution in [0.4, 0.5) is 0 Å². The fourth-order valence-electron chi connectivity index (χ4n) is 2.86. The predicted molar refractivity (Wildman–Crippen MR) is 77.4 cm³/mol. The first-order valence-electron chi connectivity index (χ1n) is 7.66. The van der Waals surface area contributed by atoms with Gasteiger partial charge in [-0.1, -0.05) is 19.3 Å². The van der Waals surface area contributed by atoms with E-state index in [-0.39, 0.29) is 6.10 Å². The van der Waals surface area contributed by atoms with Gasteiger partial charge in [-0.3, -0.25) is 0 Å². The summed E-state index contributed by atoms with van der Waals surface area (Å²) in [5, 5.41) is 10.2. The first-order valence-corrected chi connectivity index (χ1v) is 7.66. The molecule has 1 rings (SSSR count). The van der Waals surface area contributed by atoms with E-state index in [9.17, 15) is 5.11 Å². The fraction of sp³-hybridized carbons (Fsp3) is 1.00. The van der Waals surface area contributed by atoms with Gasteiger partial charge in [-0.25, -0.2) is 0 Å². The van der Waals surface area contributed by atoms with Crippen molar-refractivity contribution in [2.24, 2.45) is 5.92 Å². The van der Waals surface area contributed by atoms with Crippen molar-refractivity contribution in [3.05, 3.63) is 0 Å². The molecule has 1 N–H and O–H groups in total. The minimum atomic E-state index is -0.116. The number of ether oxygens (including phenoxy) is 2. The smallest absolute Gasteiger partial charge is 0.0589 e. The van der Waals surface area contributed by atoms with E-state index in [1.165, 1.54) is 19.3 Å². The Balaban J connectivity index is 2.38. The Bertz CT molecular complexity index is 214. The van der Waals surface area contributed by atoms with E-state index in [0.29, 0.717) is 5.92 Å². The molecule has 0 aromatic rings. The van der Waals surface area contributed by atoms with Crippen LogP contribution in [-0.4, -0.2) is 63.2 Å². The van der Waals surface area contributed by atoms with Gasteiger partial charge < -0.3 is 19.5 Å². The van der Waals surface area contributed by atoms with Crippen LogP contribution in [0.2, 0.25) is 0 Å². The first kappa shape index (κ1) is 16.9. The second-order valence-corrected chi connectivity index (χ2v) is 5.61. The Kier molecular flexibility index (Phi) is 9.43. The molecule has 0 aromatic carbocycles. The molecule has 0 radical (unpaired) electrons. The van der Waals surface area contributed by atoms with Crippen LogP contribution in [0.3, 0.4) is 0 Å². The Morgan fingerprint density at radius 2 is 1.74 bits per heavy atom. The summed E-state index contributed by atoms with van der Waals surface area (Å²) < 4.78 is 10.3. The second-order valence-electron chi connectivity index (χ2n) is 5.61. The highest BCUT2D eigenvalue weighted by Crippen LogP contribution is 2.24. The normalized spacial score (nSPS) is 24.6. The molecule has 1 saturated carbocycles. The average Bonchev–Trinajstić information content (AvgIpc) is 2.61. The quantitative estimate of drug-likeness (QED) is 0.515. The highest BCUT2D eigenvalue weighted by Gasteiger charge is 2.23. The molecule has 1 fully saturated rings. The summed E-state index contributed by atoms with van der Waals surface area (Å²) in [7, 11) is 3.49. The highest BCUT2D eigenvalue weighted by atomic mass is 16.5. The zero-order chi connectivity index (χ0) is 13.9. The number of methoxy groups -OCH3 is 2. The summed E-state index contributed by atoms with van der Waals surface area (Å²) in [6, 6.07) is 0. The molecule has 4 nitrogen and oxygen atoms in total. The monoisotopic (exact) mass is 273 g/mol. The molecule has 2 unspecified atom stereocenters. The van der Waals surface area contributed by atoms with Gasteiger partial charge in [-0.2, -0.15) is 0 Å². The Morgan fingerprint density at radius 1 is 1.00 bits per heavy atom. The van der Waals surface area contributed by atoms with Crippen molar-refractivity contribution in [1.29, 1.82) is 0 Å². The van der Waals surface area contributed by atoms with Crippen molar-refractivity contribution in [3.63, 3.8) is 0 Å². The summed E-state index contributed by atoms with van der Waals surface area (Å²) in [4.78, 5) is 2.42. The molecule has 0 bridgehead atoms. The minimum Gasteiger partial charge on any atom is -0.393 e. The van der Waals surface area contributed by atoms with E-state index in [4.69, 9.17) is 9.47 Å². The third-order valence-electron chi connectivity index (χ3n) is 4.05. The van der Waals surface area contributed by atoms with E-state index in [2.05, 4.69) is 4.90 Å². The summed E-state index contributed by atoms with van der Waals surface area (Å²) in [5.41, 5.74) is 0. The van der Waals surface area contributed by atoms with Crippen molar-refractivity contribution in [1.82, 2.24) is 4.90 Å². The Morgan fingerprint density at radius 3 is 2.47 bits per heavy atom. The maximum Gasteiger partial charge on any atom is 0.0589 e. The van der Waals surface area contributed by atoms with Gasteiger partial charge in [0.05, 0.1) is 12.7 Å². The van der Waals surface area contributed by atoms with Crippen molar-refractivity contribution >= 4 is 0 Å². The highest BCUT2D eigenvalue weighted by molar-refractivity contribution is 4.76. The number of hydrogen-bond acceptors (Lipinski definition) is 4. The number of nitrogens with zero attached hydrogens (tertiary/aromatic N) is 1. The molecule has 4 heteroatoms. The first-order chi connectivity index (χ1) is 9.27. The molecule has 1 aliphatic carbocycles. The maximum atomic E-state index is 10.2. The van der Waals surface area contributed by atoms with Crippen LogP contribution in [0.5, 0.6) is 0 Å². The van der Waals surface area contributed by atoms with Gasteiger partial charge in [0, 0.05) is 40.5 Å². The number of aliphatic hydroxyl groups excluding tert-OH is 1. The maximum absolute atomic E-state index is 10.2. The summed E-state index contributed by atoms with van der Waals surface area (Å²) >= 11 is 0. The van der Waals surface area contributed by atoms with Crippen LogP contribution < -0.4 is 0 Å². The third-order valence-corrected chi connectivity index (χ3v) is 4.05. The summed E-state index contributed by atoms with van der Waals surface area (Å²) in [5.74, 6) is 0.432. The van der Waals surface area contributed by atoms with Crippen molar-refractivity contribution in [2.45, 2.75) is 44.6 Å². The third kappa shape index (κ3) is 7.25. The van der Waals surface area contributed by atoms with Gasteiger partial charge in [-0.05, 0) is 25.2 Å². The molecule has 0 aliphatic heterocycles. The number of hydrogen-bond donors (Lipinski definition) is 1. The predicted octanol–water partition coefficient (Wildman–Crippen LogP) is 1.91. The molecule has 1 aliphatic rings. The summed E-state index contributed by atoms with van der Waals surface area (Å²) in [6.07, 6.45) is 6.78. The second kappa shape index (κ2) is 10.6. The number of rotatable bonds is 9. The van der Waals surface area contributed by atoms with E-state index in [1.54, 1.807) is 14.2 Å². The Hall–Kier alpha value is -0.160. The molecule has 0 amide bonds.